The van der Waals surface area contributed by atoms with Gasteiger partial charge >= 0.3 is 0 Å². The molecule has 0 aliphatic carbocycles. The monoisotopic (exact) mass is 169 g/mol. The highest BCUT2D eigenvalue weighted by atomic mass is 16.5. The van der Waals surface area contributed by atoms with Crippen LogP contribution in [0.25, 0.3) is 0 Å². The minimum Gasteiger partial charge on any atom is -0.423 e. The van der Waals surface area contributed by atoms with Gasteiger partial charge in [0.2, 0.25) is 11.8 Å². The second-order valence-electron chi connectivity index (χ2n) is 2.72. The molecule has 1 aromatic rings. The van der Waals surface area contributed by atoms with E-state index in [1.807, 2.05) is 0 Å². The predicted molar refractivity (Wildman–Crippen MR) is 40.6 cm³/mol. The zero-order valence-corrected chi connectivity index (χ0v) is 6.91. The van der Waals surface area contributed by atoms with Gasteiger partial charge in [-0.15, -0.1) is 10.2 Å². The Labute approximate surface area is 70.1 Å². The van der Waals surface area contributed by atoms with Crippen molar-refractivity contribution >= 4 is 0 Å². The molecule has 1 aliphatic heterocycles. The minimum absolute atomic E-state index is 0.0695. The summed E-state index contributed by atoms with van der Waals surface area (Å²) in [6, 6.07) is 0. The van der Waals surface area contributed by atoms with E-state index in [0.29, 0.717) is 18.4 Å². The van der Waals surface area contributed by atoms with Crippen LogP contribution in [0.2, 0.25) is 0 Å². The molecular weight excluding hydrogens is 158 g/mol. The summed E-state index contributed by atoms with van der Waals surface area (Å²) in [5, 5.41) is 10.8. The lowest BCUT2D eigenvalue weighted by Crippen LogP contribution is -2.33. The van der Waals surface area contributed by atoms with E-state index in [9.17, 15) is 0 Å². The maximum atomic E-state index is 5.42. The predicted octanol–water partition coefficient (Wildman–Crippen LogP) is 0.0389. The van der Waals surface area contributed by atoms with Crippen LogP contribution >= 0.6 is 0 Å². The molecule has 0 aromatic carbocycles. The SMILES string of the molecule is Cc1nnc([C@@H]2CNCCO2)o1. The second-order valence-corrected chi connectivity index (χ2v) is 2.72. The number of morpholine rings is 1. The first kappa shape index (κ1) is 7.70. The molecule has 1 fully saturated rings. The fraction of sp³-hybridized carbons (Fsp3) is 0.714. The summed E-state index contributed by atoms with van der Waals surface area (Å²) in [6.45, 7) is 4.12. The fourth-order valence-corrected chi connectivity index (χ4v) is 1.17. The minimum atomic E-state index is -0.0695. The molecule has 1 atom stereocenters. The zero-order valence-electron chi connectivity index (χ0n) is 6.91. The van der Waals surface area contributed by atoms with E-state index in [2.05, 4.69) is 15.5 Å². The molecule has 0 unspecified atom stereocenters. The summed E-state index contributed by atoms with van der Waals surface area (Å²) in [7, 11) is 0. The Morgan fingerprint density at radius 1 is 1.50 bits per heavy atom. The fourth-order valence-electron chi connectivity index (χ4n) is 1.17. The van der Waals surface area contributed by atoms with E-state index in [1.165, 1.54) is 0 Å². The van der Waals surface area contributed by atoms with E-state index in [0.717, 1.165) is 13.1 Å². The van der Waals surface area contributed by atoms with Crippen LogP contribution in [0.15, 0.2) is 4.42 Å². The van der Waals surface area contributed by atoms with Crippen molar-refractivity contribution in [3.8, 4) is 0 Å². The van der Waals surface area contributed by atoms with Crippen molar-refractivity contribution in [2.75, 3.05) is 19.7 Å². The number of nitrogens with one attached hydrogen (secondary N) is 1. The molecule has 5 heteroatoms. The smallest absolute Gasteiger partial charge is 0.246 e. The Bertz CT molecular complexity index is 255. The first-order chi connectivity index (χ1) is 5.86. The molecule has 2 rings (SSSR count). The molecule has 5 nitrogen and oxygen atoms in total. The first-order valence-corrected chi connectivity index (χ1v) is 3.98. The van der Waals surface area contributed by atoms with E-state index >= 15 is 0 Å². The Kier molecular flexibility index (Phi) is 2.05. The van der Waals surface area contributed by atoms with Gasteiger partial charge in [0.25, 0.3) is 0 Å². The van der Waals surface area contributed by atoms with E-state index in [-0.39, 0.29) is 6.10 Å². The summed E-state index contributed by atoms with van der Waals surface area (Å²) in [5.74, 6) is 1.15. The normalized spacial score (nSPS) is 24.2. The quantitative estimate of drug-likeness (QED) is 0.643. The van der Waals surface area contributed by atoms with Crippen LogP contribution in [0.3, 0.4) is 0 Å². The van der Waals surface area contributed by atoms with Gasteiger partial charge in [-0.25, -0.2) is 0 Å². The topological polar surface area (TPSA) is 60.2 Å². The van der Waals surface area contributed by atoms with Crippen LogP contribution in [0, 0.1) is 6.92 Å². The molecule has 1 aliphatic rings. The number of aromatic nitrogens is 2. The number of rotatable bonds is 1. The molecule has 0 bridgehead atoms. The highest BCUT2D eigenvalue weighted by Crippen LogP contribution is 2.16. The van der Waals surface area contributed by atoms with Crippen molar-refractivity contribution in [1.82, 2.24) is 15.5 Å². The average molecular weight is 169 g/mol. The van der Waals surface area contributed by atoms with Gasteiger partial charge < -0.3 is 14.5 Å². The van der Waals surface area contributed by atoms with Crippen molar-refractivity contribution in [1.29, 1.82) is 0 Å². The van der Waals surface area contributed by atoms with Gasteiger partial charge in [0.05, 0.1) is 6.61 Å². The number of hydrogen-bond donors (Lipinski definition) is 1. The molecule has 0 amide bonds. The molecule has 1 aromatic heterocycles. The zero-order chi connectivity index (χ0) is 8.39. The Hall–Kier alpha value is -0.940. The van der Waals surface area contributed by atoms with Gasteiger partial charge in [-0.3, -0.25) is 0 Å². The second kappa shape index (κ2) is 3.20. The van der Waals surface area contributed by atoms with E-state index in [4.69, 9.17) is 9.15 Å². The third kappa shape index (κ3) is 1.46. The van der Waals surface area contributed by atoms with Crippen LogP contribution < -0.4 is 5.32 Å². The lowest BCUT2D eigenvalue weighted by atomic mass is 10.3. The third-order valence-electron chi connectivity index (χ3n) is 1.74. The lowest BCUT2D eigenvalue weighted by Gasteiger charge is -2.20. The summed E-state index contributed by atoms with van der Waals surface area (Å²) < 4.78 is 10.7. The van der Waals surface area contributed by atoms with Gasteiger partial charge in [0.15, 0.2) is 0 Å². The maximum Gasteiger partial charge on any atom is 0.246 e. The summed E-state index contributed by atoms with van der Waals surface area (Å²) in [6.07, 6.45) is -0.0695. The number of nitrogens with zero attached hydrogens (tertiary/aromatic N) is 2. The van der Waals surface area contributed by atoms with Gasteiger partial charge in [0.1, 0.15) is 6.10 Å². The largest absolute Gasteiger partial charge is 0.423 e. The molecule has 2 heterocycles. The highest BCUT2D eigenvalue weighted by molar-refractivity contribution is 4.87. The van der Waals surface area contributed by atoms with Crippen molar-refractivity contribution < 1.29 is 9.15 Å². The molecule has 0 saturated carbocycles. The van der Waals surface area contributed by atoms with Crippen LogP contribution in [0.5, 0.6) is 0 Å². The van der Waals surface area contributed by atoms with E-state index < -0.39 is 0 Å². The molecule has 1 N–H and O–H groups in total. The molecule has 0 spiro atoms. The first-order valence-electron chi connectivity index (χ1n) is 3.98. The molecule has 1 saturated heterocycles. The third-order valence-corrected chi connectivity index (χ3v) is 1.74. The van der Waals surface area contributed by atoms with Gasteiger partial charge in [-0.05, 0) is 0 Å². The Morgan fingerprint density at radius 3 is 3.00 bits per heavy atom. The molecule has 66 valence electrons. The van der Waals surface area contributed by atoms with Crippen LogP contribution in [-0.4, -0.2) is 29.9 Å². The standard InChI is InChI=1S/C7H11N3O2/c1-5-9-10-7(12-5)6-4-8-2-3-11-6/h6,8H,2-4H2,1H3/t6-/m0/s1. The Balaban J connectivity index is 2.08. The summed E-state index contributed by atoms with van der Waals surface area (Å²) in [4.78, 5) is 0. The average Bonchev–Trinajstić information content (AvgIpc) is 2.54. The maximum absolute atomic E-state index is 5.42. The van der Waals surface area contributed by atoms with Crippen molar-refractivity contribution in [2.24, 2.45) is 0 Å². The van der Waals surface area contributed by atoms with E-state index in [1.54, 1.807) is 6.92 Å². The number of hydrogen-bond acceptors (Lipinski definition) is 5. The van der Waals surface area contributed by atoms with Crippen molar-refractivity contribution in [3.63, 3.8) is 0 Å². The highest BCUT2D eigenvalue weighted by Gasteiger charge is 2.20. The van der Waals surface area contributed by atoms with Crippen molar-refractivity contribution in [2.45, 2.75) is 13.0 Å². The van der Waals surface area contributed by atoms with Crippen LogP contribution in [0.4, 0.5) is 0 Å². The number of aryl methyl sites for hydroxylation is 1. The van der Waals surface area contributed by atoms with Crippen molar-refractivity contribution in [3.05, 3.63) is 11.8 Å². The molecular formula is C7H11N3O2. The summed E-state index contributed by atoms with van der Waals surface area (Å²) in [5.41, 5.74) is 0. The van der Waals surface area contributed by atoms with Crippen LogP contribution in [-0.2, 0) is 4.74 Å². The van der Waals surface area contributed by atoms with Crippen LogP contribution in [0.1, 0.15) is 17.9 Å². The summed E-state index contributed by atoms with van der Waals surface area (Å²) >= 11 is 0. The molecule has 12 heavy (non-hydrogen) atoms. The van der Waals surface area contributed by atoms with Gasteiger partial charge in [0, 0.05) is 20.0 Å². The lowest BCUT2D eigenvalue weighted by molar-refractivity contribution is 0.0104. The molecule has 0 radical (unpaired) electrons. The number of ether oxygens (including phenoxy) is 1. The Morgan fingerprint density at radius 2 is 2.42 bits per heavy atom. The van der Waals surface area contributed by atoms with Gasteiger partial charge in [-0.2, -0.15) is 0 Å². The van der Waals surface area contributed by atoms with Gasteiger partial charge in [-0.1, -0.05) is 0 Å².